The van der Waals surface area contributed by atoms with Crippen molar-refractivity contribution in [2.75, 3.05) is 13.2 Å². The van der Waals surface area contributed by atoms with Gasteiger partial charge in [-0.25, -0.2) is 0 Å². The molecule has 1 aliphatic carbocycles. The fourth-order valence-corrected chi connectivity index (χ4v) is 2.75. The van der Waals surface area contributed by atoms with Crippen molar-refractivity contribution < 1.29 is 9.84 Å². The number of aliphatic hydroxyl groups excluding tert-OH is 1. The van der Waals surface area contributed by atoms with Gasteiger partial charge in [0.15, 0.2) is 0 Å². The molecule has 2 aliphatic rings. The zero-order valence-electron chi connectivity index (χ0n) is 8.83. The summed E-state index contributed by atoms with van der Waals surface area (Å²) in [6, 6.07) is 6.35. The van der Waals surface area contributed by atoms with E-state index >= 15 is 0 Å². The molecule has 0 bridgehead atoms. The molecule has 2 nitrogen and oxygen atoms in total. The van der Waals surface area contributed by atoms with E-state index in [4.69, 9.17) is 4.74 Å². The van der Waals surface area contributed by atoms with Crippen molar-refractivity contribution in [3.63, 3.8) is 0 Å². The third-order valence-corrected chi connectivity index (χ3v) is 3.90. The van der Waals surface area contributed by atoms with Crippen molar-refractivity contribution in [1.29, 1.82) is 0 Å². The van der Waals surface area contributed by atoms with Crippen LogP contribution in [-0.2, 0) is 11.8 Å². The summed E-state index contributed by atoms with van der Waals surface area (Å²) >= 11 is 0. The van der Waals surface area contributed by atoms with Crippen LogP contribution in [0, 0.1) is 0 Å². The average Bonchev–Trinajstić information content (AvgIpc) is 2.65. The van der Waals surface area contributed by atoms with Crippen LogP contribution in [0.1, 0.15) is 30.4 Å². The highest BCUT2D eigenvalue weighted by Crippen LogP contribution is 2.48. The maximum Gasteiger partial charge on any atom is 0.126 e. The van der Waals surface area contributed by atoms with E-state index in [0.29, 0.717) is 0 Å². The number of hydrogen-bond donors (Lipinski definition) is 1. The summed E-state index contributed by atoms with van der Waals surface area (Å²) in [5.74, 6) is 1.06. The van der Waals surface area contributed by atoms with E-state index in [2.05, 4.69) is 18.2 Å². The van der Waals surface area contributed by atoms with Crippen LogP contribution in [0.15, 0.2) is 18.2 Å². The van der Waals surface area contributed by atoms with E-state index in [-0.39, 0.29) is 12.0 Å². The summed E-state index contributed by atoms with van der Waals surface area (Å²) in [5.41, 5.74) is 2.56. The molecular weight excluding hydrogens is 188 g/mol. The quantitative estimate of drug-likeness (QED) is 0.798. The van der Waals surface area contributed by atoms with Crippen LogP contribution >= 0.6 is 0 Å². The predicted molar refractivity (Wildman–Crippen MR) is 58.3 cm³/mol. The fourth-order valence-electron chi connectivity index (χ4n) is 2.75. The van der Waals surface area contributed by atoms with Crippen LogP contribution in [-0.4, -0.2) is 18.3 Å². The van der Waals surface area contributed by atoms with Gasteiger partial charge in [0.1, 0.15) is 5.75 Å². The standard InChI is InChI=1S/C13H16O2/c14-9-13(6-2-7-13)11-4-1-3-10-5-8-15-12(10)11/h1,3-4,14H,2,5-9H2. The second-order valence-electron chi connectivity index (χ2n) is 4.68. The lowest BCUT2D eigenvalue weighted by atomic mass is 9.64. The Morgan fingerprint density at radius 1 is 1.33 bits per heavy atom. The summed E-state index contributed by atoms with van der Waals surface area (Å²) in [6.07, 6.45) is 4.45. The van der Waals surface area contributed by atoms with Crippen LogP contribution in [0.4, 0.5) is 0 Å². The highest BCUT2D eigenvalue weighted by molar-refractivity contribution is 5.49. The van der Waals surface area contributed by atoms with Gasteiger partial charge >= 0.3 is 0 Å². The van der Waals surface area contributed by atoms with Crippen LogP contribution in [0.25, 0.3) is 0 Å². The molecule has 1 fully saturated rings. The van der Waals surface area contributed by atoms with Crippen LogP contribution in [0.3, 0.4) is 0 Å². The maximum absolute atomic E-state index is 9.57. The van der Waals surface area contributed by atoms with E-state index in [1.807, 2.05) is 0 Å². The Bertz CT molecular complexity index is 375. The molecule has 1 N–H and O–H groups in total. The third kappa shape index (κ3) is 1.21. The van der Waals surface area contributed by atoms with Crippen molar-refractivity contribution in [1.82, 2.24) is 0 Å². The lowest BCUT2D eigenvalue weighted by molar-refractivity contribution is 0.117. The third-order valence-electron chi connectivity index (χ3n) is 3.90. The lowest BCUT2D eigenvalue weighted by Crippen LogP contribution is -2.38. The lowest BCUT2D eigenvalue weighted by Gasteiger charge is -2.41. The molecule has 0 unspecified atom stereocenters. The fraction of sp³-hybridized carbons (Fsp3) is 0.538. The van der Waals surface area contributed by atoms with Crippen LogP contribution in [0.2, 0.25) is 0 Å². The summed E-state index contributed by atoms with van der Waals surface area (Å²) in [6.45, 7) is 1.06. The molecule has 1 aromatic rings. The van der Waals surface area contributed by atoms with Gasteiger partial charge < -0.3 is 9.84 Å². The molecule has 1 heterocycles. The van der Waals surface area contributed by atoms with Gasteiger partial charge in [-0.3, -0.25) is 0 Å². The van der Waals surface area contributed by atoms with E-state index in [0.717, 1.165) is 31.6 Å². The number of para-hydroxylation sites is 1. The highest BCUT2D eigenvalue weighted by Gasteiger charge is 2.41. The van der Waals surface area contributed by atoms with Gasteiger partial charge in [0.25, 0.3) is 0 Å². The number of benzene rings is 1. The van der Waals surface area contributed by atoms with Gasteiger partial charge in [0, 0.05) is 17.4 Å². The van der Waals surface area contributed by atoms with Crippen molar-refractivity contribution in [2.45, 2.75) is 31.1 Å². The topological polar surface area (TPSA) is 29.5 Å². The minimum absolute atomic E-state index is 0.00961. The van der Waals surface area contributed by atoms with Crippen molar-refractivity contribution in [2.24, 2.45) is 0 Å². The van der Waals surface area contributed by atoms with Crippen molar-refractivity contribution in [3.05, 3.63) is 29.3 Å². The Kier molecular flexibility index (Phi) is 1.99. The van der Waals surface area contributed by atoms with Gasteiger partial charge in [0.2, 0.25) is 0 Å². The van der Waals surface area contributed by atoms with Crippen molar-refractivity contribution >= 4 is 0 Å². The monoisotopic (exact) mass is 204 g/mol. The summed E-state index contributed by atoms with van der Waals surface area (Å²) in [7, 11) is 0. The highest BCUT2D eigenvalue weighted by atomic mass is 16.5. The van der Waals surface area contributed by atoms with Gasteiger partial charge in [-0.05, 0) is 18.4 Å². The number of fused-ring (bicyclic) bond motifs is 1. The molecule has 1 saturated carbocycles. The van der Waals surface area contributed by atoms with Crippen molar-refractivity contribution in [3.8, 4) is 5.75 Å². The molecule has 15 heavy (non-hydrogen) atoms. The molecule has 0 amide bonds. The van der Waals surface area contributed by atoms with E-state index in [1.54, 1.807) is 0 Å². The summed E-state index contributed by atoms with van der Waals surface area (Å²) in [4.78, 5) is 0. The smallest absolute Gasteiger partial charge is 0.126 e. The van der Waals surface area contributed by atoms with E-state index in [1.165, 1.54) is 17.5 Å². The summed E-state index contributed by atoms with van der Waals surface area (Å²) in [5, 5.41) is 9.57. The molecule has 0 atom stereocenters. The minimum Gasteiger partial charge on any atom is -0.493 e. The Morgan fingerprint density at radius 3 is 2.87 bits per heavy atom. The molecule has 0 spiro atoms. The molecule has 1 aromatic carbocycles. The minimum atomic E-state index is 0.00961. The SMILES string of the molecule is OCC1(c2cccc3c2OCC3)CCC1. The Hall–Kier alpha value is -1.02. The first-order valence-electron chi connectivity index (χ1n) is 5.72. The van der Waals surface area contributed by atoms with E-state index < -0.39 is 0 Å². The number of aliphatic hydroxyl groups is 1. The number of ether oxygens (including phenoxy) is 1. The van der Waals surface area contributed by atoms with Crippen LogP contribution in [0.5, 0.6) is 5.75 Å². The zero-order valence-corrected chi connectivity index (χ0v) is 8.83. The molecule has 2 heteroatoms. The molecule has 3 rings (SSSR count). The van der Waals surface area contributed by atoms with Gasteiger partial charge in [-0.2, -0.15) is 0 Å². The second kappa shape index (κ2) is 3.24. The normalized spacial score (nSPS) is 21.7. The molecule has 0 saturated heterocycles. The van der Waals surface area contributed by atoms with Gasteiger partial charge in [-0.1, -0.05) is 24.6 Å². The zero-order chi connectivity index (χ0) is 10.3. The van der Waals surface area contributed by atoms with Crippen LogP contribution < -0.4 is 4.74 Å². The Balaban J connectivity index is 2.08. The maximum atomic E-state index is 9.57. The van der Waals surface area contributed by atoms with E-state index in [9.17, 15) is 5.11 Å². The molecule has 0 aromatic heterocycles. The largest absolute Gasteiger partial charge is 0.493 e. The average molecular weight is 204 g/mol. The molecule has 1 aliphatic heterocycles. The molecule has 80 valence electrons. The molecule has 0 radical (unpaired) electrons. The predicted octanol–water partition coefficient (Wildman–Crippen LogP) is 2.04. The second-order valence-corrected chi connectivity index (χ2v) is 4.68. The first-order valence-corrected chi connectivity index (χ1v) is 5.72. The summed E-state index contributed by atoms with van der Waals surface area (Å²) < 4.78 is 5.70. The van der Waals surface area contributed by atoms with Gasteiger partial charge in [0.05, 0.1) is 13.2 Å². The number of hydrogen-bond acceptors (Lipinski definition) is 2. The first kappa shape index (κ1) is 9.22. The van der Waals surface area contributed by atoms with Gasteiger partial charge in [-0.15, -0.1) is 0 Å². The Morgan fingerprint density at radius 2 is 2.20 bits per heavy atom. The first-order chi connectivity index (χ1) is 7.36. The Labute approximate surface area is 89.9 Å². The number of rotatable bonds is 2. The molecular formula is C13H16O2.